The maximum Gasteiger partial charge on any atom is 0.137 e. The van der Waals surface area contributed by atoms with Gasteiger partial charge >= 0.3 is 0 Å². The molecule has 0 unspecified atom stereocenters. The standard InChI is InChI=1S/C15H16N4/c1-10-2-3-13(16)6-12(10)8-18-14-7-11-4-5-17-15(11)19-9-14/h2-7,9,18H,8,16H2,1H3,(H,17,19). The number of benzene rings is 1. The van der Waals surface area contributed by atoms with E-state index in [4.69, 9.17) is 5.73 Å². The van der Waals surface area contributed by atoms with Crippen LogP contribution in [0.5, 0.6) is 0 Å². The van der Waals surface area contributed by atoms with Crippen molar-refractivity contribution in [1.82, 2.24) is 9.97 Å². The summed E-state index contributed by atoms with van der Waals surface area (Å²) < 4.78 is 0. The van der Waals surface area contributed by atoms with Gasteiger partial charge < -0.3 is 16.0 Å². The maximum absolute atomic E-state index is 5.81. The average Bonchev–Trinajstić information content (AvgIpc) is 2.87. The Kier molecular flexibility index (Phi) is 2.83. The summed E-state index contributed by atoms with van der Waals surface area (Å²) in [5, 5.41) is 4.48. The first-order chi connectivity index (χ1) is 9.22. The Morgan fingerprint density at radius 3 is 3.05 bits per heavy atom. The van der Waals surface area contributed by atoms with Crippen LogP contribution in [0.4, 0.5) is 11.4 Å². The number of nitrogens with two attached hydrogens (primary N) is 1. The Morgan fingerprint density at radius 1 is 1.26 bits per heavy atom. The Balaban J connectivity index is 1.79. The third-order valence-electron chi connectivity index (χ3n) is 3.26. The smallest absolute Gasteiger partial charge is 0.137 e. The second kappa shape index (κ2) is 4.65. The lowest BCUT2D eigenvalue weighted by molar-refractivity contribution is 1.11. The molecule has 4 nitrogen and oxygen atoms in total. The third-order valence-corrected chi connectivity index (χ3v) is 3.26. The second-order valence-electron chi connectivity index (χ2n) is 4.68. The normalized spacial score (nSPS) is 10.8. The number of fused-ring (bicyclic) bond motifs is 1. The summed E-state index contributed by atoms with van der Waals surface area (Å²) in [6.07, 6.45) is 3.73. The van der Waals surface area contributed by atoms with Gasteiger partial charge in [0.2, 0.25) is 0 Å². The highest BCUT2D eigenvalue weighted by atomic mass is 14.9. The molecule has 4 N–H and O–H groups in total. The van der Waals surface area contributed by atoms with Crippen molar-refractivity contribution in [2.75, 3.05) is 11.1 Å². The molecule has 4 heteroatoms. The SMILES string of the molecule is Cc1ccc(N)cc1CNc1cnc2[nH]ccc2c1. The van der Waals surface area contributed by atoms with E-state index >= 15 is 0 Å². The molecule has 0 atom stereocenters. The van der Waals surface area contributed by atoms with Crippen LogP contribution >= 0.6 is 0 Å². The number of nitrogens with zero attached hydrogens (tertiary/aromatic N) is 1. The first kappa shape index (κ1) is 11.6. The number of nitrogen functional groups attached to an aromatic ring is 1. The highest BCUT2D eigenvalue weighted by Crippen LogP contribution is 2.18. The molecule has 0 spiro atoms. The van der Waals surface area contributed by atoms with Crippen LogP contribution in [0.2, 0.25) is 0 Å². The highest BCUT2D eigenvalue weighted by molar-refractivity contribution is 5.78. The van der Waals surface area contributed by atoms with Crippen LogP contribution in [0, 0.1) is 6.92 Å². The van der Waals surface area contributed by atoms with E-state index in [0.29, 0.717) is 0 Å². The van der Waals surface area contributed by atoms with Crippen LogP contribution in [-0.4, -0.2) is 9.97 Å². The van der Waals surface area contributed by atoms with Crippen molar-refractivity contribution in [3.8, 4) is 0 Å². The molecule has 0 fully saturated rings. The van der Waals surface area contributed by atoms with Crippen LogP contribution in [0.25, 0.3) is 11.0 Å². The molecular formula is C15H16N4. The molecule has 0 aliphatic heterocycles. The number of aryl methyl sites for hydroxylation is 1. The van der Waals surface area contributed by atoms with Crippen molar-refractivity contribution in [1.29, 1.82) is 0 Å². The maximum atomic E-state index is 5.81. The minimum atomic E-state index is 0.745. The van der Waals surface area contributed by atoms with Gasteiger partial charge in [-0.1, -0.05) is 6.07 Å². The van der Waals surface area contributed by atoms with Gasteiger partial charge in [-0.15, -0.1) is 0 Å². The van der Waals surface area contributed by atoms with Crippen molar-refractivity contribution in [2.45, 2.75) is 13.5 Å². The van der Waals surface area contributed by atoms with E-state index in [1.165, 1.54) is 11.1 Å². The van der Waals surface area contributed by atoms with Crippen LogP contribution < -0.4 is 11.1 Å². The van der Waals surface area contributed by atoms with Crippen molar-refractivity contribution in [3.05, 3.63) is 53.9 Å². The zero-order valence-electron chi connectivity index (χ0n) is 10.8. The van der Waals surface area contributed by atoms with E-state index in [1.54, 1.807) is 0 Å². The van der Waals surface area contributed by atoms with E-state index < -0.39 is 0 Å². The molecule has 2 aromatic heterocycles. The molecule has 2 heterocycles. The van der Waals surface area contributed by atoms with Crippen LogP contribution in [0.15, 0.2) is 42.7 Å². The fourth-order valence-electron chi connectivity index (χ4n) is 2.12. The monoisotopic (exact) mass is 252 g/mol. The number of hydrogen-bond donors (Lipinski definition) is 3. The van der Waals surface area contributed by atoms with E-state index in [-0.39, 0.29) is 0 Å². The zero-order chi connectivity index (χ0) is 13.2. The highest BCUT2D eigenvalue weighted by Gasteiger charge is 2.01. The number of rotatable bonds is 3. The van der Waals surface area contributed by atoms with Gasteiger partial charge in [-0.05, 0) is 42.3 Å². The largest absolute Gasteiger partial charge is 0.399 e. The fraction of sp³-hybridized carbons (Fsp3) is 0.133. The molecule has 3 rings (SSSR count). The molecule has 96 valence electrons. The topological polar surface area (TPSA) is 66.7 Å². The quantitative estimate of drug-likeness (QED) is 0.627. The summed E-state index contributed by atoms with van der Waals surface area (Å²) in [7, 11) is 0. The molecule has 0 aliphatic carbocycles. The zero-order valence-corrected chi connectivity index (χ0v) is 10.8. The summed E-state index contributed by atoms with van der Waals surface area (Å²) in [6, 6.07) is 10.1. The summed E-state index contributed by atoms with van der Waals surface area (Å²) in [5.74, 6) is 0. The summed E-state index contributed by atoms with van der Waals surface area (Å²) in [6.45, 7) is 2.83. The Labute approximate surface area is 111 Å². The van der Waals surface area contributed by atoms with Gasteiger partial charge in [-0.25, -0.2) is 4.98 Å². The molecular weight excluding hydrogens is 236 g/mol. The minimum Gasteiger partial charge on any atom is -0.399 e. The molecule has 3 aromatic rings. The predicted octanol–water partition coefficient (Wildman–Crippen LogP) is 3.07. The minimum absolute atomic E-state index is 0.745. The fourth-order valence-corrected chi connectivity index (χ4v) is 2.12. The van der Waals surface area contributed by atoms with Gasteiger partial charge in [-0.3, -0.25) is 0 Å². The van der Waals surface area contributed by atoms with Gasteiger partial charge in [0.15, 0.2) is 0 Å². The molecule has 0 aliphatic rings. The molecule has 1 aromatic carbocycles. The Hall–Kier alpha value is -2.49. The van der Waals surface area contributed by atoms with Crippen LogP contribution in [-0.2, 0) is 6.54 Å². The lowest BCUT2D eigenvalue weighted by Crippen LogP contribution is -2.02. The lowest BCUT2D eigenvalue weighted by Gasteiger charge is -2.09. The van der Waals surface area contributed by atoms with Gasteiger partial charge in [0.1, 0.15) is 5.65 Å². The second-order valence-corrected chi connectivity index (χ2v) is 4.68. The Morgan fingerprint density at radius 2 is 2.16 bits per heavy atom. The van der Waals surface area contributed by atoms with Gasteiger partial charge in [0.25, 0.3) is 0 Å². The van der Waals surface area contributed by atoms with Crippen molar-refractivity contribution >= 4 is 22.4 Å². The Bertz CT molecular complexity index is 715. The molecule has 19 heavy (non-hydrogen) atoms. The number of aromatic amines is 1. The molecule has 0 saturated heterocycles. The molecule has 0 amide bonds. The van der Waals surface area contributed by atoms with Crippen molar-refractivity contribution in [2.24, 2.45) is 0 Å². The van der Waals surface area contributed by atoms with Gasteiger partial charge in [0.05, 0.1) is 11.9 Å². The molecule has 0 saturated carbocycles. The number of anilines is 2. The summed E-state index contributed by atoms with van der Waals surface area (Å²) >= 11 is 0. The molecule has 0 radical (unpaired) electrons. The first-order valence-electron chi connectivity index (χ1n) is 6.24. The van der Waals surface area contributed by atoms with Gasteiger partial charge in [0, 0.05) is 23.8 Å². The van der Waals surface area contributed by atoms with Crippen molar-refractivity contribution < 1.29 is 0 Å². The predicted molar refractivity (Wildman–Crippen MR) is 79.0 cm³/mol. The van der Waals surface area contributed by atoms with E-state index in [2.05, 4.69) is 28.3 Å². The number of hydrogen-bond acceptors (Lipinski definition) is 3. The molecule has 0 bridgehead atoms. The number of nitrogens with one attached hydrogen (secondary N) is 2. The average molecular weight is 252 g/mol. The van der Waals surface area contributed by atoms with Crippen LogP contribution in [0.3, 0.4) is 0 Å². The third kappa shape index (κ3) is 2.38. The lowest BCUT2D eigenvalue weighted by atomic mass is 10.1. The van der Waals surface area contributed by atoms with Gasteiger partial charge in [-0.2, -0.15) is 0 Å². The van der Waals surface area contributed by atoms with E-state index in [0.717, 1.165) is 29.0 Å². The summed E-state index contributed by atoms with van der Waals surface area (Å²) in [5.41, 5.74) is 11.0. The van der Waals surface area contributed by atoms with E-state index in [9.17, 15) is 0 Å². The number of aromatic nitrogens is 2. The summed E-state index contributed by atoms with van der Waals surface area (Å²) in [4.78, 5) is 7.43. The number of H-pyrrole nitrogens is 1. The number of pyridine rings is 1. The first-order valence-corrected chi connectivity index (χ1v) is 6.24. The van der Waals surface area contributed by atoms with E-state index in [1.807, 2.05) is 36.7 Å². The van der Waals surface area contributed by atoms with Crippen LogP contribution in [0.1, 0.15) is 11.1 Å². The van der Waals surface area contributed by atoms with Crippen molar-refractivity contribution in [3.63, 3.8) is 0 Å².